The fraction of sp³-hybridized carbons (Fsp3) is 0.231. The van der Waals surface area contributed by atoms with Crippen molar-refractivity contribution in [3.63, 3.8) is 0 Å². The van der Waals surface area contributed by atoms with Crippen LogP contribution < -0.4 is 29.2 Å². The van der Waals surface area contributed by atoms with Gasteiger partial charge in [-0.1, -0.05) is 12.1 Å². The first-order valence-corrected chi connectivity index (χ1v) is 11.0. The summed E-state index contributed by atoms with van der Waals surface area (Å²) in [4.78, 5) is 27.2. The molecule has 0 fully saturated rings. The van der Waals surface area contributed by atoms with Gasteiger partial charge in [0.05, 0.1) is 12.2 Å². The van der Waals surface area contributed by atoms with E-state index in [1.807, 2.05) is 31.2 Å². The SMILES string of the molecule is Cc1cccc(OCCN2C(=O)C(C)Oc3cc(NC(=O)c4ccc5c(c4)OCO5)ccc32)c1. The maximum Gasteiger partial charge on any atom is 0.267 e. The first-order chi connectivity index (χ1) is 16.5. The molecule has 34 heavy (non-hydrogen) atoms. The molecule has 2 heterocycles. The van der Waals surface area contributed by atoms with Crippen LogP contribution in [0.4, 0.5) is 11.4 Å². The molecule has 8 heteroatoms. The van der Waals surface area contributed by atoms with Crippen LogP contribution in [-0.2, 0) is 4.79 Å². The van der Waals surface area contributed by atoms with Gasteiger partial charge in [0, 0.05) is 17.3 Å². The van der Waals surface area contributed by atoms with Crippen molar-refractivity contribution in [1.29, 1.82) is 0 Å². The molecule has 2 amide bonds. The quantitative estimate of drug-likeness (QED) is 0.594. The number of ether oxygens (including phenoxy) is 4. The first kappa shape index (κ1) is 21.6. The predicted octanol–water partition coefficient (Wildman–Crippen LogP) is 4.17. The van der Waals surface area contributed by atoms with Crippen molar-refractivity contribution in [3.05, 3.63) is 71.8 Å². The fourth-order valence-corrected chi connectivity index (χ4v) is 3.92. The van der Waals surface area contributed by atoms with Crippen molar-refractivity contribution in [1.82, 2.24) is 0 Å². The number of hydrogen-bond donors (Lipinski definition) is 1. The molecule has 1 N–H and O–H groups in total. The number of fused-ring (bicyclic) bond motifs is 2. The largest absolute Gasteiger partial charge is 0.492 e. The summed E-state index contributed by atoms with van der Waals surface area (Å²) in [5.74, 6) is 2.00. The predicted molar refractivity (Wildman–Crippen MR) is 126 cm³/mol. The molecular weight excluding hydrogens is 436 g/mol. The summed E-state index contributed by atoms with van der Waals surface area (Å²) in [7, 11) is 0. The maximum absolute atomic E-state index is 12.8. The topological polar surface area (TPSA) is 86.3 Å². The van der Waals surface area contributed by atoms with Crippen LogP contribution >= 0.6 is 0 Å². The van der Waals surface area contributed by atoms with E-state index < -0.39 is 6.10 Å². The van der Waals surface area contributed by atoms with Crippen LogP contribution in [0.1, 0.15) is 22.8 Å². The highest BCUT2D eigenvalue weighted by Crippen LogP contribution is 2.37. The molecule has 8 nitrogen and oxygen atoms in total. The molecule has 0 aliphatic carbocycles. The molecule has 1 atom stereocenters. The molecule has 0 bridgehead atoms. The Morgan fingerprint density at radius 1 is 1.06 bits per heavy atom. The third-order valence-corrected chi connectivity index (χ3v) is 5.63. The average molecular weight is 460 g/mol. The number of carbonyl (C=O) groups excluding carboxylic acids is 2. The molecule has 5 rings (SSSR count). The van der Waals surface area contributed by atoms with E-state index in [9.17, 15) is 9.59 Å². The van der Waals surface area contributed by atoms with Crippen molar-refractivity contribution in [2.24, 2.45) is 0 Å². The lowest BCUT2D eigenvalue weighted by Crippen LogP contribution is -2.46. The fourth-order valence-electron chi connectivity index (χ4n) is 3.92. The Morgan fingerprint density at radius 3 is 2.76 bits per heavy atom. The Morgan fingerprint density at radius 2 is 1.91 bits per heavy atom. The molecule has 0 saturated carbocycles. The Bertz CT molecular complexity index is 1260. The highest BCUT2D eigenvalue weighted by Gasteiger charge is 2.31. The van der Waals surface area contributed by atoms with Gasteiger partial charge < -0.3 is 29.2 Å². The minimum Gasteiger partial charge on any atom is -0.492 e. The van der Waals surface area contributed by atoms with E-state index in [0.717, 1.165) is 11.3 Å². The van der Waals surface area contributed by atoms with E-state index in [4.69, 9.17) is 18.9 Å². The summed E-state index contributed by atoms with van der Waals surface area (Å²) < 4.78 is 22.3. The summed E-state index contributed by atoms with van der Waals surface area (Å²) >= 11 is 0. The van der Waals surface area contributed by atoms with Crippen molar-refractivity contribution in [2.75, 3.05) is 30.2 Å². The van der Waals surface area contributed by atoms with Gasteiger partial charge >= 0.3 is 0 Å². The van der Waals surface area contributed by atoms with E-state index in [-0.39, 0.29) is 18.6 Å². The van der Waals surface area contributed by atoms with Crippen LogP contribution in [0.5, 0.6) is 23.0 Å². The van der Waals surface area contributed by atoms with Gasteiger partial charge in [-0.25, -0.2) is 0 Å². The zero-order chi connectivity index (χ0) is 23.7. The summed E-state index contributed by atoms with van der Waals surface area (Å²) in [6, 6.07) is 18.0. The normalized spacial score (nSPS) is 16.0. The number of nitrogens with zero attached hydrogens (tertiary/aromatic N) is 1. The maximum atomic E-state index is 12.8. The van der Waals surface area contributed by atoms with E-state index >= 15 is 0 Å². The Balaban J connectivity index is 1.29. The monoisotopic (exact) mass is 460 g/mol. The van der Waals surface area contributed by atoms with Gasteiger partial charge in [0.1, 0.15) is 18.1 Å². The molecule has 2 aliphatic rings. The molecule has 1 unspecified atom stereocenters. The van der Waals surface area contributed by atoms with Crippen LogP contribution in [0.15, 0.2) is 60.7 Å². The van der Waals surface area contributed by atoms with Gasteiger partial charge in [0.2, 0.25) is 6.79 Å². The number of amides is 2. The van der Waals surface area contributed by atoms with E-state index in [1.165, 1.54) is 0 Å². The third-order valence-electron chi connectivity index (χ3n) is 5.63. The van der Waals surface area contributed by atoms with Gasteiger partial charge in [-0.05, 0) is 61.9 Å². The second-order valence-corrected chi connectivity index (χ2v) is 8.12. The van der Waals surface area contributed by atoms with Crippen molar-refractivity contribution >= 4 is 23.2 Å². The second kappa shape index (κ2) is 8.97. The van der Waals surface area contributed by atoms with Crippen LogP contribution in [0, 0.1) is 6.92 Å². The molecular formula is C26H24N2O6. The summed E-state index contributed by atoms with van der Waals surface area (Å²) in [6.45, 7) is 4.56. The summed E-state index contributed by atoms with van der Waals surface area (Å²) in [6.07, 6.45) is -0.647. The minimum absolute atomic E-state index is 0.141. The smallest absolute Gasteiger partial charge is 0.267 e. The van der Waals surface area contributed by atoms with E-state index in [2.05, 4.69) is 5.32 Å². The second-order valence-electron chi connectivity index (χ2n) is 8.12. The molecule has 0 spiro atoms. The molecule has 0 aromatic heterocycles. The number of hydrogen-bond acceptors (Lipinski definition) is 6. The molecule has 174 valence electrons. The standard InChI is InChI=1S/C26H24N2O6/c1-16-4-3-5-20(12-16)31-11-10-28-21-8-7-19(14-23(21)34-17(2)26(28)30)27-25(29)18-6-9-22-24(13-18)33-15-32-22/h3-9,12-14,17H,10-11,15H2,1-2H3,(H,27,29). The van der Waals surface area contributed by atoms with Crippen LogP contribution in [-0.4, -0.2) is 37.9 Å². The number of benzene rings is 3. The molecule has 3 aromatic carbocycles. The van der Waals surface area contributed by atoms with Crippen molar-refractivity contribution in [2.45, 2.75) is 20.0 Å². The van der Waals surface area contributed by atoms with Gasteiger partial charge in [0.25, 0.3) is 11.8 Å². The number of rotatable bonds is 6. The van der Waals surface area contributed by atoms with Gasteiger partial charge in [-0.2, -0.15) is 0 Å². The van der Waals surface area contributed by atoms with E-state index in [0.29, 0.717) is 47.3 Å². The Labute approximate surface area is 197 Å². The van der Waals surface area contributed by atoms with Crippen LogP contribution in [0.2, 0.25) is 0 Å². The lowest BCUT2D eigenvalue weighted by molar-refractivity contribution is -0.125. The number of anilines is 2. The number of aryl methyl sites for hydroxylation is 1. The zero-order valence-corrected chi connectivity index (χ0v) is 18.9. The first-order valence-electron chi connectivity index (χ1n) is 11.0. The average Bonchev–Trinajstić information content (AvgIpc) is 3.29. The lowest BCUT2D eigenvalue weighted by atomic mass is 10.1. The van der Waals surface area contributed by atoms with Crippen LogP contribution in [0.25, 0.3) is 0 Å². The van der Waals surface area contributed by atoms with E-state index in [1.54, 1.807) is 48.2 Å². The number of nitrogens with one attached hydrogen (secondary N) is 1. The highest BCUT2D eigenvalue weighted by atomic mass is 16.7. The molecule has 0 radical (unpaired) electrons. The third kappa shape index (κ3) is 4.34. The minimum atomic E-state index is -0.647. The highest BCUT2D eigenvalue weighted by molar-refractivity contribution is 6.05. The Hall–Kier alpha value is -4.20. The Kier molecular flexibility index (Phi) is 5.71. The molecule has 2 aliphatic heterocycles. The van der Waals surface area contributed by atoms with Crippen molar-refractivity contribution < 1.29 is 28.5 Å². The van der Waals surface area contributed by atoms with Crippen molar-refractivity contribution in [3.8, 4) is 23.0 Å². The summed E-state index contributed by atoms with van der Waals surface area (Å²) in [5, 5.41) is 2.87. The van der Waals surface area contributed by atoms with Gasteiger partial charge in [0.15, 0.2) is 17.6 Å². The number of carbonyl (C=O) groups is 2. The molecule has 0 saturated heterocycles. The molecule has 3 aromatic rings. The van der Waals surface area contributed by atoms with Gasteiger partial charge in [-0.3, -0.25) is 9.59 Å². The summed E-state index contributed by atoms with van der Waals surface area (Å²) in [5.41, 5.74) is 2.74. The van der Waals surface area contributed by atoms with Crippen LogP contribution in [0.3, 0.4) is 0 Å². The zero-order valence-electron chi connectivity index (χ0n) is 18.9. The van der Waals surface area contributed by atoms with Gasteiger partial charge in [-0.15, -0.1) is 0 Å². The lowest BCUT2D eigenvalue weighted by Gasteiger charge is -2.33.